The van der Waals surface area contributed by atoms with Crippen molar-refractivity contribution in [3.8, 4) is 11.8 Å². The Hall–Kier alpha value is -2.64. The first-order valence-electron chi connectivity index (χ1n) is 8.01. The summed E-state index contributed by atoms with van der Waals surface area (Å²) in [6.45, 7) is 4.51. The molecule has 10 heteroatoms. The molecule has 0 saturated heterocycles. The van der Waals surface area contributed by atoms with Crippen molar-refractivity contribution in [1.82, 2.24) is 10.0 Å². The van der Waals surface area contributed by atoms with Crippen molar-refractivity contribution >= 4 is 21.9 Å². The van der Waals surface area contributed by atoms with Crippen molar-refractivity contribution in [3.05, 3.63) is 23.8 Å². The topological polar surface area (TPSA) is 135 Å². The van der Waals surface area contributed by atoms with Gasteiger partial charge >= 0.3 is 5.97 Å². The zero-order chi connectivity index (χ0) is 20.8. The molecular formula is C17H23N3O6S. The van der Waals surface area contributed by atoms with E-state index < -0.39 is 34.0 Å². The highest BCUT2D eigenvalue weighted by molar-refractivity contribution is 7.89. The maximum atomic E-state index is 12.2. The van der Waals surface area contributed by atoms with Gasteiger partial charge in [-0.05, 0) is 38.1 Å². The van der Waals surface area contributed by atoms with Crippen LogP contribution in [0, 0.1) is 17.2 Å². The number of nitrogens with one attached hydrogen (secondary N) is 2. The predicted octanol–water partition coefficient (Wildman–Crippen LogP) is 0.815. The van der Waals surface area contributed by atoms with E-state index in [4.69, 9.17) is 9.47 Å². The van der Waals surface area contributed by atoms with Gasteiger partial charge in [0.15, 0.2) is 6.61 Å². The minimum Gasteiger partial charge on any atom is -0.495 e. The molecule has 0 saturated carbocycles. The smallest absolute Gasteiger partial charge is 0.338 e. The number of nitriles is 1. The summed E-state index contributed by atoms with van der Waals surface area (Å²) in [7, 11) is -1.34. The summed E-state index contributed by atoms with van der Waals surface area (Å²) in [5.41, 5.74) is -1.16. The normalized spacial score (nSPS) is 13.4. The van der Waals surface area contributed by atoms with Crippen LogP contribution in [0.15, 0.2) is 23.1 Å². The first-order valence-corrected chi connectivity index (χ1v) is 9.50. The summed E-state index contributed by atoms with van der Waals surface area (Å²) in [6, 6.07) is 5.74. The van der Waals surface area contributed by atoms with Crippen LogP contribution in [0.1, 0.15) is 31.1 Å². The maximum absolute atomic E-state index is 12.2. The maximum Gasteiger partial charge on any atom is 0.338 e. The van der Waals surface area contributed by atoms with Crippen molar-refractivity contribution in [1.29, 1.82) is 5.26 Å². The van der Waals surface area contributed by atoms with E-state index in [0.717, 1.165) is 6.07 Å². The second-order valence-electron chi connectivity index (χ2n) is 6.17. The van der Waals surface area contributed by atoms with Gasteiger partial charge in [-0.2, -0.15) is 5.26 Å². The molecule has 0 unspecified atom stereocenters. The Labute approximate surface area is 158 Å². The van der Waals surface area contributed by atoms with Crippen molar-refractivity contribution in [2.75, 3.05) is 20.8 Å². The summed E-state index contributed by atoms with van der Waals surface area (Å²) >= 11 is 0. The van der Waals surface area contributed by atoms with Crippen molar-refractivity contribution < 1.29 is 27.5 Å². The third kappa shape index (κ3) is 5.42. The van der Waals surface area contributed by atoms with Crippen LogP contribution in [-0.4, -0.2) is 46.6 Å². The second kappa shape index (κ2) is 8.83. The lowest BCUT2D eigenvalue weighted by Crippen LogP contribution is -2.50. The molecule has 0 heterocycles. The molecule has 0 aliphatic carbocycles. The van der Waals surface area contributed by atoms with Crippen LogP contribution in [0.4, 0.5) is 0 Å². The number of benzene rings is 1. The number of sulfonamides is 1. The van der Waals surface area contributed by atoms with Gasteiger partial charge in [-0.25, -0.2) is 17.9 Å². The molecule has 2 N–H and O–H groups in total. The first kappa shape index (κ1) is 22.4. The van der Waals surface area contributed by atoms with Gasteiger partial charge in [0.1, 0.15) is 16.2 Å². The number of nitrogens with zero attached hydrogens (tertiary/aromatic N) is 1. The van der Waals surface area contributed by atoms with Crippen LogP contribution in [0.25, 0.3) is 0 Å². The molecule has 0 fully saturated rings. The van der Waals surface area contributed by atoms with Gasteiger partial charge in [-0.15, -0.1) is 0 Å². The minimum atomic E-state index is -3.86. The number of hydrogen-bond donors (Lipinski definition) is 2. The lowest BCUT2D eigenvalue weighted by atomic mass is 9.90. The Bertz CT molecular complexity index is 860. The van der Waals surface area contributed by atoms with Gasteiger partial charge in [0.25, 0.3) is 5.91 Å². The Morgan fingerprint density at radius 1 is 1.33 bits per heavy atom. The monoisotopic (exact) mass is 397 g/mol. The fraction of sp³-hybridized carbons (Fsp3) is 0.471. The molecule has 1 aromatic rings. The number of carbonyl (C=O) groups is 2. The van der Waals surface area contributed by atoms with E-state index in [2.05, 4.69) is 10.0 Å². The lowest BCUT2D eigenvalue weighted by molar-refractivity contribution is -0.125. The Morgan fingerprint density at radius 3 is 2.44 bits per heavy atom. The average Bonchev–Trinajstić information content (AvgIpc) is 2.65. The minimum absolute atomic E-state index is 0.0559. The van der Waals surface area contributed by atoms with Crippen LogP contribution in [0.5, 0.6) is 5.75 Å². The molecule has 1 atom stereocenters. The lowest BCUT2D eigenvalue weighted by Gasteiger charge is -2.27. The van der Waals surface area contributed by atoms with Crippen molar-refractivity contribution in [2.45, 2.75) is 31.2 Å². The quantitative estimate of drug-likeness (QED) is 0.620. The third-order valence-corrected chi connectivity index (χ3v) is 5.51. The van der Waals surface area contributed by atoms with E-state index >= 15 is 0 Å². The predicted molar refractivity (Wildman–Crippen MR) is 96.5 cm³/mol. The van der Waals surface area contributed by atoms with Crippen molar-refractivity contribution in [2.24, 2.45) is 5.92 Å². The Morgan fingerprint density at radius 2 is 1.96 bits per heavy atom. The Kier molecular flexibility index (Phi) is 7.33. The molecule has 0 aliphatic heterocycles. The fourth-order valence-electron chi connectivity index (χ4n) is 1.97. The molecule has 0 spiro atoms. The molecule has 1 amide bonds. The third-order valence-electron chi connectivity index (χ3n) is 4.08. The largest absolute Gasteiger partial charge is 0.495 e. The van der Waals surface area contributed by atoms with Crippen LogP contribution in [0.3, 0.4) is 0 Å². The molecular weight excluding hydrogens is 374 g/mol. The SMILES string of the molecule is CNS(=O)(=O)c1cc(C(=O)OCC(=O)N[C@](C)(C#N)C(C)C)ccc1OC. The summed E-state index contributed by atoms with van der Waals surface area (Å²) in [5, 5.41) is 11.7. The molecule has 0 aliphatic rings. The van der Waals surface area contributed by atoms with Gasteiger partial charge in [0.2, 0.25) is 10.0 Å². The molecule has 0 radical (unpaired) electrons. The van der Waals surface area contributed by atoms with Crippen LogP contribution < -0.4 is 14.8 Å². The number of amides is 1. The average molecular weight is 397 g/mol. The molecule has 148 valence electrons. The van der Waals surface area contributed by atoms with E-state index in [1.54, 1.807) is 20.8 Å². The number of methoxy groups -OCH3 is 1. The van der Waals surface area contributed by atoms with Crippen molar-refractivity contribution in [3.63, 3.8) is 0 Å². The van der Waals surface area contributed by atoms with E-state index in [1.807, 2.05) is 6.07 Å². The standard InChI is InChI=1S/C17H23N3O6S/c1-11(2)17(3,10-18)20-15(21)9-26-16(22)12-6-7-13(25-5)14(8-12)27(23,24)19-4/h6-8,11,19H,9H2,1-5H3,(H,20,21)/t17-/m1/s1. The summed E-state index contributed by atoms with van der Waals surface area (Å²) in [5.74, 6) is -1.63. The van der Waals surface area contributed by atoms with E-state index in [0.29, 0.717) is 0 Å². The van der Waals surface area contributed by atoms with Gasteiger partial charge in [-0.1, -0.05) is 13.8 Å². The van der Waals surface area contributed by atoms with Crippen LogP contribution in [-0.2, 0) is 19.6 Å². The summed E-state index contributed by atoms with van der Waals surface area (Å²) in [6.07, 6.45) is 0. The highest BCUT2D eigenvalue weighted by Gasteiger charge is 2.30. The highest BCUT2D eigenvalue weighted by atomic mass is 32.2. The molecule has 0 aromatic heterocycles. The van der Waals surface area contributed by atoms with Crippen LogP contribution >= 0.6 is 0 Å². The molecule has 0 bridgehead atoms. The number of rotatable bonds is 8. The number of hydrogen-bond acceptors (Lipinski definition) is 7. The molecule has 9 nitrogen and oxygen atoms in total. The first-order chi connectivity index (χ1) is 12.5. The molecule has 27 heavy (non-hydrogen) atoms. The summed E-state index contributed by atoms with van der Waals surface area (Å²) < 4.78 is 36.1. The number of carbonyl (C=O) groups excluding carboxylic acids is 2. The molecule has 1 rings (SSSR count). The zero-order valence-electron chi connectivity index (χ0n) is 15.8. The van der Waals surface area contributed by atoms with Gasteiger partial charge in [0, 0.05) is 0 Å². The molecule has 1 aromatic carbocycles. The zero-order valence-corrected chi connectivity index (χ0v) is 16.6. The van der Waals surface area contributed by atoms with E-state index in [1.165, 1.54) is 26.3 Å². The van der Waals surface area contributed by atoms with Gasteiger partial charge < -0.3 is 14.8 Å². The second-order valence-corrected chi connectivity index (χ2v) is 8.02. The van der Waals surface area contributed by atoms with Gasteiger partial charge in [0.05, 0.1) is 18.7 Å². The van der Waals surface area contributed by atoms with E-state index in [9.17, 15) is 23.3 Å². The highest BCUT2D eigenvalue weighted by Crippen LogP contribution is 2.25. The number of ether oxygens (including phenoxy) is 2. The Balaban J connectivity index is 2.92. The number of esters is 1. The summed E-state index contributed by atoms with van der Waals surface area (Å²) in [4.78, 5) is 23.9. The van der Waals surface area contributed by atoms with E-state index in [-0.39, 0.29) is 22.1 Å². The fourth-order valence-corrected chi connectivity index (χ4v) is 2.88. The van der Waals surface area contributed by atoms with Crippen LogP contribution in [0.2, 0.25) is 0 Å². The van der Waals surface area contributed by atoms with Gasteiger partial charge in [-0.3, -0.25) is 4.79 Å².